The van der Waals surface area contributed by atoms with Gasteiger partial charge >= 0.3 is 0 Å². The summed E-state index contributed by atoms with van der Waals surface area (Å²) < 4.78 is 5.55. The minimum Gasteiger partial charge on any atom is -0.381 e. The van der Waals surface area contributed by atoms with Gasteiger partial charge in [0.05, 0.1) is 6.61 Å². The third-order valence-corrected chi connectivity index (χ3v) is 4.46. The van der Waals surface area contributed by atoms with Crippen molar-refractivity contribution in [2.75, 3.05) is 20.3 Å². The average molecular weight is 225 g/mol. The number of ether oxygens (including phenoxy) is 1. The van der Waals surface area contributed by atoms with Gasteiger partial charge < -0.3 is 10.1 Å². The summed E-state index contributed by atoms with van der Waals surface area (Å²) in [5.74, 6) is 1.67. The molecule has 0 aromatic carbocycles. The Kier molecular flexibility index (Phi) is 5.11. The molecule has 2 aliphatic rings. The fourth-order valence-corrected chi connectivity index (χ4v) is 3.54. The standard InChI is InChI=1S/C14H27NO/c1-15-14(13-9-10-16-11-13)12-7-5-3-2-4-6-8-12/h12-15H,2-11H2,1H3. The van der Waals surface area contributed by atoms with Crippen molar-refractivity contribution in [3.05, 3.63) is 0 Å². The molecular formula is C14H27NO. The summed E-state index contributed by atoms with van der Waals surface area (Å²) in [7, 11) is 2.14. The van der Waals surface area contributed by atoms with Crippen molar-refractivity contribution in [3.63, 3.8) is 0 Å². The first-order valence-corrected chi connectivity index (χ1v) is 7.17. The Balaban J connectivity index is 1.89. The lowest BCUT2D eigenvalue weighted by atomic mass is 9.80. The molecule has 0 aromatic heterocycles. The van der Waals surface area contributed by atoms with Crippen LogP contribution in [0.3, 0.4) is 0 Å². The molecule has 1 aliphatic carbocycles. The van der Waals surface area contributed by atoms with Gasteiger partial charge in [-0.1, -0.05) is 32.1 Å². The molecule has 2 unspecified atom stereocenters. The van der Waals surface area contributed by atoms with E-state index in [1.807, 2.05) is 0 Å². The SMILES string of the molecule is CNC(C1CCCCCCC1)C1CCOC1. The van der Waals surface area contributed by atoms with Crippen LogP contribution in [0.1, 0.15) is 51.4 Å². The second-order valence-corrected chi connectivity index (χ2v) is 5.54. The summed E-state index contributed by atoms with van der Waals surface area (Å²) in [5.41, 5.74) is 0. The van der Waals surface area contributed by atoms with Crippen molar-refractivity contribution >= 4 is 0 Å². The molecule has 0 bridgehead atoms. The van der Waals surface area contributed by atoms with Gasteiger partial charge in [0.25, 0.3) is 0 Å². The highest BCUT2D eigenvalue weighted by Gasteiger charge is 2.30. The highest BCUT2D eigenvalue weighted by molar-refractivity contribution is 4.85. The molecule has 0 spiro atoms. The first-order chi connectivity index (χ1) is 7.92. The van der Waals surface area contributed by atoms with Crippen molar-refractivity contribution in [2.24, 2.45) is 11.8 Å². The van der Waals surface area contributed by atoms with Crippen LogP contribution in [0.25, 0.3) is 0 Å². The van der Waals surface area contributed by atoms with Crippen LogP contribution < -0.4 is 5.32 Å². The van der Waals surface area contributed by atoms with Crippen LogP contribution in [0.5, 0.6) is 0 Å². The molecule has 1 saturated heterocycles. The molecular weight excluding hydrogens is 198 g/mol. The maximum Gasteiger partial charge on any atom is 0.0510 e. The molecule has 94 valence electrons. The van der Waals surface area contributed by atoms with E-state index in [2.05, 4.69) is 12.4 Å². The van der Waals surface area contributed by atoms with Gasteiger partial charge in [0.15, 0.2) is 0 Å². The molecule has 2 fully saturated rings. The molecule has 1 heterocycles. The topological polar surface area (TPSA) is 21.3 Å². The molecule has 2 heteroatoms. The third kappa shape index (κ3) is 3.21. The molecule has 16 heavy (non-hydrogen) atoms. The summed E-state index contributed by atoms with van der Waals surface area (Å²) in [6, 6.07) is 0.709. The Morgan fingerprint density at radius 1 is 0.938 bits per heavy atom. The molecule has 0 aromatic rings. The highest BCUT2D eigenvalue weighted by Crippen LogP contribution is 2.30. The fourth-order valence-electron chi connectivity index (χ4n) is 3.54. The molecule has 0 radical (unpaired) electrons. The van der Waals surface area contributed by atoms with Crippen molar-refractivity contribution < 1.29 is 4.74 Å². The summed E-state index contributed by atoms with van der Waals surface area (Å²) in [4.78, 5) is 0. The average Bonchev–Trinajstić information content (AvgIpc) is 2.75. The van der Waals surface area contributed by atoms with Gasteiger partial charge in [-0.3, -0.25) is 0 Å². The fraction of sp³-hybridized carbons (Fsp3) is 1.00. The zero-order valence-electron chi connectivity index (χ0n) is 10.7. The van der Waals surface area contributed by atoms with Gasteiger partial charge in [-0.25, -0.2) is 0 Å². The Labute approximate surface area is 100 Å². The molecule has 1 N–H and O–H groups in total. The number of hydrogen-bond acceptors (Lipinski definition) is 2. The first-order valence-electron chi connectivity index (χ1n) is 7.17. The maximum absolute atomic E-state index is 5.55. The van der Waals surface area contributed by atoms with E-state index >= 15 is 0 Å². The van der Waals surface area contributed by atoms with E-state index < -0.39 is 0 Å². The van der Waals surface area contributed by atoms with Crippen molar-refractivity contribution in [1.82, 2.24) is 5.32 Å². The van der Waals surface area contributed by atoms with Gasteiger partial charge in [0.2, 0.25) is 0 Å². The highest BCUT2D eigenvalue weighted by atomic mass is 16.5. The lowest BCUT2D eigenvalue weighted by Gasteiger charge is -2.32. The zero-order valence-corrected chi connectivity index (χ0v) is 10.7. The zero-order chi connectivity index (χ0) is 11.2. The van der Waals surface area contributed by atoms with Crippen LogP contribution >= 0.6 is 0 Å². The van der Waals surface area contributed by atoms with Gasteiger partial charge in [0, 0.05) is 18.6 Å². The monoisotopic (exact) mass is 225 g/mol. The van der Waals surface area contributed by atoms with Crippen LogP contribution in [0.2, 0.25) is 0 Å². The summed E-state index contributed by atoms with van der Waals surface area (Å²) in [6.45, 7) is 1.97. The minimum absolute atomic E-state index is 0.709. The normalized spacial score (nSPS) is 30.9. The van der Waals surface area contributed by atoms with E-state index in [1.165, 1.54) is 51.4 Å². The van der Waals surface area contributed by atoms with E-state index in [9.17, 15) is 0 Å². The van der Waals surface area contributed by atoms with Crippen LogP contribution in [0.15, 0.2) is 0 Å². The number of hydrogen-bond donors (Lipinski definition) is 1. The quantitative estimate of drug-likeness (QED) is 0.797. The van der Waals surface area contributed by atoms with E-state index in [4.69, 9.17) is 4.74 Å². The maximum atomic E-state index is 5.55. The summed E-state index contributed by atoms with van der Waals surface area (Å²) in [6.07, 6.45) is 11.4. The Morgan fingerprint density at radius 3 is 2.19 bits per heavy atom. The predicted octanol–water partition coefficient (Wildman–Crippen LogP) is 2.97. The van der Waals surface area contributed by atoms with E-state index in [-0.39, 0.29) is 0 Å². The summed E-state index contributed by atoms with van der Waals surface area (Å²) in [5, 5.41) is 3.58. The van der Waals surface area contributed by atoms with Gasteiger partial charge in [-0.15, -0.1) is 0 Å². The van der Waals surface area contributed by atoms with Crippen molar-refractivity contribution in [3.8, 4) is 0 Å². The molecule has 1 saturated carbocycles. The third-order valence-electron chi connectivity index (χ3n) is 4.46. The number of nitrogens with one attached hydrogen (secondary N) is 1. The Morgan fingerprint density at radius 2 is 1.62 bits per heavy atom. The van der Waals surface area contributed by atoms with Gasteiger partial charge in [0.1, 0.15) is 0 Å². The Hall–Kier alpha value is -0.0800. The molecule has 0 amide bonds. The Bertz CT molecular complexity index is 181. The minimum atomic E-state index is 0.709. The first kappa shape index (κ1) is 12.4. The molecule has 2 nitrogen and oxygen atoms in total. The lowest BCUT2D eigenvalue weighted by molar-refractivity contribution is 0.159. The largest absolute Gasteiger partial charge is 0.381 e. The van der Waals surface area contributed by atoms with Crippen molar-refractivity contribution in [2.45, 2.75) is 57.4 Å². The molecule has 2 atom stereocenters. The summed E-state index contributed by atoms with van der Waals surface area (Å²) >= 11 is 0. The van der Waals surface area contributed by atoms with Crippen LogP contribution in [0, 0.1) is 11.8 Å². The predicted molar refractivity (Wildman–Crippen MR) is 67.6 cm³/mol. The van der Waals surface area contributed by atoms with Gasteiger partial charge in [-0.2, -0.15) is 0 Å². The van der Waals surface area contributed by atoms with E-state index in [1.54, 1.807) is 0 Å². The van der Waals surface area contributed by atoms with Gasteiger partial charge in [-0.05, 0) is 32.2 Å². The van der Waals surface area contributed by atoms with Crippen molar-refractivity contribution in [1.29, 1.82) is 0 Å². The smallest absolute Gasteiger partial charge is 0.0510 e. The number of rotatable bonds is 3. The van der Waals surface area contributed by atoms with E-state index in [0.717, 1.165) is 25.0 Å². The van der Waals surface area contributed by atoms with Crippen LogP contribution in [-0.4, -0.2) is 26.3 Å². The lowest BCUT2D eigenvalue weighted by Crippen LogP contribution is -2.41. The van der Waals surface area contributed by atoms with Crippen LogP contribution in [-0.2, 0) is 4.74 Å². The molecule has 1 aliphatic heterocycles. The molecule has 2 rings (SSSR count). The second kappa shape index (κ2) is 6.61. The van der Waals surface area contributed by atoms with E-state index in [0.29, 0.717) is 6.04 Å². The van der Waals surface area contributed by atoms with Crippen LogP contribution in [0.4, 0.5) is 0 Å². The second-order valence-electron chi connectivity index (χ2n) is 5.54.